The van der Waals surface area contributed by atoms with Gasteiger partial charge in [0.05, 0.1) is 5.70 Å². The van der Waals surface area contributed by atoms with E-state index in [0.29, 0.717) is 0 Å². The Bertz CT molecular complexity index is 289. The Hall–Kier alpha value is -1.58. The summed E-state index contributed by atoms with van der Waals surface area (Å²) in [5, 5.41) is 5.21. The largest absolute Gasteiger partial charge is 0.345 e. The molecule has 0 atom stereocenters. The fourth-order valence-electron chi connectivity index (χ4n) is 1.49. The summed E-state index contributed by atoms with van der Waals surface area (Å²) < 4.78 is 0. The molecule has 3 heterocycles. The topological polar surface area (TPSA) is 30.5 Å². The highest BCUT2D eigenvalue weighted by Gasteiger charge is 2.25. The summed E-state index contributed by atoms with van der Waals surface area (Å²) in [7, 11) is 0. The maximum absolute atomic E-state index is 3.22. The minimum Gasteiger partial charge on any atom is -0.345 e. The highest BCUT2D eigenvalue weighted by Crippen LogP contribution is 2.21. The van der Waals surface area contributed by atoms with Gasteiger partial charge in [0.1, 0.15) is 12.5 Å². The Morgan fingerprint density at radius 1 is 1.36 bits per heavy atom. The average Bonchev–Trinajstić information content (AvgIpc) is 2.58. The fourth-order valence-corrected chi connectivity index (χ4v) is 1.49. The van der Waals surface area contributed by atoms with Crippen molar-refractivity contribution in [2.75, 3.05) is 6.67 Å². The number of hydrazine groups is 1. The van der Waals surface area contributed by atoms with Gasteiger partial charge in [-0.15, -0.1) is 0 Å². The second-order valence-corrected chi connectivity index (χ2v) is 2.73. The first kappa shape index (κ1) is 5.12. The zero-order valence-electron chi connectivity index (χ0n) is 5.91. The fraction of sp³-hybridized carbons (Fsp3) is 0.143. The van der Waals surface area contributed by atoms with Crippen molar-refractivity contribution >= 4 is 0 Å². The zero-order valence-corrected chi connectivity index (χ0v) is 5.91. The first-order valence-electron chi connectivity index (χ1n) is 3.59. The van der Waals surface area contributed by atoms with Crippen LogP contribution in [-0.2, 0) is 0 Å². The molecule has 0 aromatic carbocycles. The van der Waals surface area contributed by atoms with Crippen molar-refractivity contribution in [3.63, 3.8) is 0 Å². The predicted octanol–water partition coefficient (Wildman–Crippen LogP) is -0.163. The number of rotatable bonds is 0. The molecule has 0 amide bonds. The third-order valence-electron chi connectivity index (χ3n) is 2.01. The van der Waals surface area contributed by atoms with E-state index < -0.39 is 0 Å². The van der Waals surface area contributed by atoms with Crippen LogP contribution in [0.2, 0.25) is 0 Å². The van der Waals surface area contributed by atoms with E-state index >= 15 is 0 Å². The molecule has 4 heteroatoms. The third-order valence-corrected chi connectivity index (χ3v) is 2.01. The minimum atomic E-state index is 0.874. The van der Waals surface area contributed by atoms with Crippen LogP contribution in [0.25, 0.3) is 0 Å². The van der Waals surface area contributed by atoms with Crippen molar-refractivity contribution in [2.45, 2.75) is 0 Å². The third kappa shape index (κ3) is 0.537. The van der Waals surface area contributed by atoms with Gasteiger partial charge in [-0.25, -0.2) is 0 Å². The van der Waals surface area contributed by atoms with Crippen molar-refractivity contribution in [1.82, 2.24) is 20.7 Å². The quantitative estimate of drug-likeness (QED) is 0.499. The normalized spacial score (nSPS) is 24.0. The average molecular weight is 148 g/mol. The van der Waals surface area contributed by atoms with Crippen LogP contribution < -0.4 is 10.7 Å². The molecule has 0 saturated carbocycles. The molecule has 0 aromatic rings. The Kier molecular flexibility index (Phi) is 0.711. The number of nitrogens with one attached hydrogen (secondary N) is 2. The van der Waals surface area contributed by atoms with E-state index in [-0.39, 0.29) is 0 Å². The van der Waals surface area contributed by atoms with Crippen molar-refractivity contribution in [2.24, 2.45) is 0 Å². The molecule has 3 aliphatic rings. The van der Waals surface area contributed by atoms with Crippen molar-refractivity contribution in [1.29, 1.82) is 0 Å². The standard InChI is InChI=1S/C7H8N4/c1-3-11-5-10-4-2-8-7(10)6(1)9-11/h1-4,8-9H,5H2. The lowest BCUT2D eigenvalue weighted by molar-refractivity contribution is 0.200. The van der Waals surface area contributed by atoms with Gasteiger partial charge in [0.25, 0.3) is 0 Å². The molecule has 0 spiro atoms. The van der Waals surface area contributed by atoms with Crippen LogP contribution in [0.4, 0.5) is 0 Å². The molecule has 0 saturated heterocycles. The molecular weight excluding hydrogens is 140 g/mol. The van der Waals surface area contributed by atoms with Crippen molar-refractivity contribution in [3.05, 3.63) is 36.2 Å². The number of hydrogen-bond acceptors (Lipinski definition) is 4. The maximum atomic E-state index is 3.22. The lowest BCUT2D eigenvalue weighted by Gasteiger charge is -2.30. The summed E-state index contributed by atoms with van der Waals surface area (Å²) in [6, 6.07) is 0. The summed E-state index contributed by atoms with van der Waals surface area (Å²) >= 11 is 0. The lowest BCUT2D eigenvalue weighted by atomic mass is 10.4. The first-order valence-corrected chi connectivity index (χ1v) is 3.59. The predicted molar refractivity (Wildman–Crippen MR) is 40.1 cm³/mol. The van der Waals surface area contributed by atoms with Gasteiger partial charge in [-0.05, 0) is 6.08 Å². The molecule has 3 rings (SSSR count). The summed E-state index contributed by atoms with van der Waals surface area (Å²) in [5.41, 5.74) is 4.36. The SMILES string of the molecule is C1=CN2CN3C=CC(=C2N1)N3. The van der Waals surface area contributed by atoms with Gasteiger partial charge in [0, 0.05) is 18.6 Å². The van der Waals surface area contributed by atoms with Gasteiger partial charge in [0.2, 0.25) is 0 Å². The first-order chi connectivity index (χ1) is 5.43. The molecule has 4 nitrogen and oxygen atoms in total. The molecule has 2 bridgehead atoms. The Morgan fingerprint density at radius 2 is 2.36 bits per heavy atom. The van der Waals surface area contributed by atoms with Crippen LogP contribution in [0.1, 0.15) is 0 Å². The van der Waals surface area contributed by atoms with E-state index in [9.17, 15) is 0 Å². The van der Waals surface area contributed by atoms with Gasteiger partial charge in [-0.1, -0.05) is 0 Å². The van der Waals surface area contributed by atoms with E-state index in [4.69, 9.17) is 0 Å². The van der Waals surface area contributed by atoms with Crippen LogP contribution in [0.15, 0.2) is 36.2 Å². The summed E-state index contributed by atoms with van der Waals surface area (Å²) in [6.07, 6.45) is 8.08. The maximum Gasteiger partial charge on any atom is 0.137 e. The molecule has 0 unspecified atom stereocenters. The molecule has 3 aliphatic heterocycles. The van der Waals surface area contributed by atoms with E-state index in [1.807, 2.05) is 23.6 Å². The van der Waals surface area contributed by atoms with E-state index in [1.165, 1.54) is 0 Å². The highest BCUT2D eigenvalue weighted by atomic mass is 15.6. The summed E-state index contributed by atoms with van der Waals surface area (Å²) in [6.45, 7) is 0.874. The number of fused-ring (bicyclic) bond motifs is 3. The molecule has 0 radical (unpaired) electrons. The van der Waals surface area contributed by atoms with E-state index in [0.717, 1.165) is 18.2 Å². The number of allylic oxidation sites excluding steroid dienone is 1. The Labute approximate surface area is 64.4 Å². The molecule has 56 valence electrons. The van der Waals surface area contributed by atoms with Crippen molar-refractivity contribution in [3.8, 4) is 0 Å². The molecule has 0 aromatic heterocycles. The zero-order chi connectivity index (χ0) is 7.26. The van der Waals surface area contributed by atoms with E-state index in [1.54, 1.807) is 0 Å². The summed E-state index contributed by atoms with van der Waals surface area (Å²) in [4.78, 5) is 2.16. The lowest BCUT2D eigenvalue weighted by Crippen LogP contribution is -2.43. The van der Waals surface area contributed by atoms with Gasteiger partial charge < -0.3 is 10.2 Å². The Morgan fingerprint density at radius 3 is 3.36 bits per heavy atom. The molecular formula is C7H8N4. The van der Waals surface area contributed by atoms with Crippen LogP contribution in [0.5, 0.6) is 0 Å². The van der Waals surface area contributed by atoms with Gasteiger partial charge in [-0.2, -0.15) is 0 Å². The summed E-state index contributed by atoms with van der Waals surface area (Å²) in [5.74, 6) is 1.15. The molecule has 0 aliphatic carbocycles. The second-order valence-electron chi connectivity index (χ2n) is 2.73. The highest BCUT2D eigenvalue weighted by molar-refractivity contribution is 5.32. The minimum absolute atomic E-state index is 0.874. The molecule has 11 heavy (non-hydrogen) atoms. The number of nitrogens with zero attached hydrogens (tertiary/aromatic N) is 2. The van der Waals surface area contributed by atoms with Gasteiger partial charge >= 0.3 is 0 Å². The van der Waals surface area contributed by atoms with Crippen LogP contribution >= 0.6 is 0 Å². The van der Waals surface area contributed by atoms with E-state index in [2.05, 4.69) is 21.7 Å². The monoisotopic (exact) mass is 148 g/mol. The molecule has 2 N–H and O–H groups in total. The van der Waals surface area contributed by atoms with Crippen LogP contribution in [0, 0.1) is 0 Å². The van der Waals surface area contributed by atoms with Gasteiger partial charge in [-0.3, -0.25) is 10.4 Å². The smallest absolute Gasteiger partial charge is 0.137 e. The Balaban J connectivity index is 2.12. The molecule has 0 fully saturated rings. The van der Waals surface area contributed by atoms with Crippen LogP contribution in [0.3, 0.4) is 0 Å². The van der Waals surface area contributed by atoms with Crippen molar-refractivity contribution < 1.29 is 0 Å². The van der Waals surface area contributed by atoms with Gasteiger partial charge in [0.15, 0.2) is 0 Å². The second kappa shape index (κ2) is 1.53. The number of hydrogen-bond donors (Lipinski definition) is 2. The van der Waals surface area contributed by atoms with Crippen LogP contribution in [-0.4, -0.2) is 16.6 Å².